The van der Waals surface area contributed by atoms with Crippen LogP contribution in [-0.4, -0.2) is 34.7 Å². The van der Waals surface area contributed by atoms with Crippen LogP contribution < -0.4 is 10.1 Å². The molecule has 2 N–H and O–H groups in total. The average Bonchev–Trinajstić information content (AvgIpc) is 3.35. The maximum Gasteiger partial charge on any atom is 0.292 e. The number of halogens is 1. The van der Waals surface area contributed by atoms with Crippen LogP contribution in [0.5, 0.6) is 5.75 Å². The van der Waals surface area contributed by atoms with Gasteiger partial charge in [-0.15, -0.1) is 0 Å². The molecule has 1 amide bonds. The van der Waals surface area contributed by atoms with Gasteiger partial charge < -0.3 is 19.6 Å². The quantitative estimate of drug-likeness (QED) is 0.483. The third kappa shape index (κ3) is 4.25. The molecular weight excluding hydrogens is 392 g/mol. The molecule has 0 bridgehead atoms. The molecule has 0 aliphatic rings. The van der Waals surface area contributed by atoms with Gasteiger partial charge in [-0.25, -0.2) is 0 Å². The number of carbonyl (C=O) groups is 1. The van der Waals surface area contributed by atoms with Crippen LogP contribution in [0, 0.1) is 0 Å². The molecule has 0 radical (unpaired) electrons. The summed E-state index contributed by atoms with van der Waals surface area (Å²) in [5.74, 6) is 0.719. The number of nitrogens with zero attached hydrogens (tertiary/aromatic N) is 2. The Morgan fingerprint density at radius 3 is 2.97 bits per heavy atom. The number of hydrogen-bond acceptors (Lipinski definition) is 5. The number of carbonyl (C=O) groups excluding carboxylic acids is 1. The molecular formula is C21H19ClN4O3. The number of nitrogens with one attached hydrogen (secondary N) is 2. The first kappa shape index (κ1) is 19.0. The number of benzene rings is 2. The van der Waals surface area contributed by atoms with Crippen molar-refractivity contribution in [2.24, 2.45) is 0 Å². The highest BCUT2D eigenvalue weighted by Crippen LogP contribution is 2.23. The molecule has 148 valence electrons. The van der Waals surface area contributed by atoms with E-state index < -0.39 is 0 Å². The number of para-hydroxylation sites is 1. The lowest BCUT2D eigenvalue weighted by atomic mass is 10.1. The average molecular weight is 411 g/mol. The van der Waals surface area contributed by atoms with Crippen LogP contribution in [0.4, 0.5) is 0 Å². The van der Waals surface area contributed by atoms with E-state index in [1.165, 1.54) is 0 Å². The van der Waals surface area contributed by atoms with Crippen molar-refractivity contribution in [3.05, 3.63) is 76.5 Å². The zero-order valence-corrected chi connectivity index (χ0v) is 16.5. The minimum Gasteiger partial charge on any atom is -0.496 e. The topological polar surface area (TPSA) is 93.0 Å². The smallest absolute Gasteiger partial charge is 0.292 e. The second-order valence-corrected chi connectivity index (χ2v) is 6.95. The molecule has 2 heterocycles. The Morgan fingerprint density at radius 2 is 2.10 bits per heavy atom. The molecule has 0 saturated carbocycles. The van der Waals surface area contributed by atoms with Gasteiger partial charge in [-0.2, -0.15) is 4.98 Å². The Labute approximate surface area is 172 Å². The van der Waals surface area contributed by atoms with Crippen molar-refractivity contribution < 1.29 is 14.1 Å². The number of aromatic amines is 1. The first-order valence-electron chi connectivity index (χ1n) is 9.12. The Bertz CT molecular complexity index is 1150. The number of methoxy groups -OCH3 is 1. The summed E-state index contributed by atoms with van der Waals surface area (Å²) in [5.41, 5.74) is 2.99. The summed E-state index contributed by atoms with van der Waals surface area (Å²) in [6, 6.07) is 13.2. The van der Waals surface area contributed by atoms with Gasteiger partial charge in [0, 0.05) is 34.2 Å². The summed E-state index contributed by atoms with van der Waals surface area (Å²) < 4.78 is 10.5. The van der Waals surface area contributed by atoms with E-state index in [1.807, 2.05) is 48.7 Å². The summed E-state index contributed by atoms with van der Waals surface area (Å²) >= 11 is 6.07. The molecule has 2 aromatic heterocycles. The second-order valence-electron chi connectivity index (χ2n) is 6.51. The predicted octanol–water partition coefficient (Wildman–Crippen LogP) is 3.78. The van der Waals surface area contributed by atoms with Gasteiger partial charge in [-0.1, -0.05) is 35.0 Å². The van der Waals surface area contributed by atoms with Crippen LogP contribution >= 0.6 is 11.6 Å². The van der Waals surface area contributed by atoms with E-state index in [-0.39, 0.29) is 11.7 Å². The Balaban J connectivity index is 1.36. The number of H-pyrrole nitrogens is 1. The van der Waals surface area contributed by atoms with Crippen molar-refractivity contribution in [2.75, 3.05) is 13.7 Å². The van der Waals surface area contributed by atoms with Crippen molar-refractivity contribution in [2.45, 2.75) is 12.8 Å². The summed E-state index contributed by atoms with van der Waals surface area (Å²) in [6.45, 7) is 0.439. The zero-order valence-electron chi connectivity index (χ0n) is 15.7. The van der Waals surface area contributed by atoms with Crippen LogP contribution in [0.2, 0.25) is 5.02 Å². The standard InChI is InChI=1S/C21H19ClN4O3/c1-28-18-5-3-2-4-13(18)10-19-25-20(26-29-19)21(27)23-9-8-14-12-24-17-7-6-15(22)11-16(14)17/h2-7,11-12,24H,8-10H2,1H3,(H,23,27). The normalized spacial score (nSPS) is 11.0. The molecule has 0 aliphatic carbocycles. The molecule has 0 aliphatic heterocycles. The van der Waals surface area contributed by atoms with Crippen LogP contribution in [0.3, 0.4) is 0 Å². The van der Waals surface area contributed by atoms with Gasteiger partial charge in [0.15, 0.2) is 0 Å². The van der Waals surface area contributed by atoms with Crippen LogP contribution in [0.25, 0.3) is 10.9 Å². The molecule has 0 atom stereocenters. The molecule has 0 saturated heterocycles. The first-order chi connectivity index (χ1) is 14.1. The highest BCUT2D eigenvalue weighted by Gasteiger charge is 2.16. The fourth-order valence-corrected chi connectivity index (χ4v) is 3.35. The Morgan fingerprint density at radius 1 is 1.24 bits per heavy atom. The molecule has 4 aromatic rings. The van der Waals surface area contributed by atoms with Gasteiger partial charge in [-0.05, 0) is 36.2 Å². The van der Waals surface area contributed by atoms with E-state index in [4.69, 9.17) is 20.9 Å². The van der Waals surface area contributed by atoms with Crippen molar-refractivity contribution >= 4 is 28.4 Å². The van der Waals surface area contributed by atoms with E-state index in [1.54, 1.807) is 7.11 Å². The minimum atomic E-state index is -0.377. The van der Waals surface area contributed by atoms with Crippen LogP contribution in [0.15, 0.2) is 53.2 Å². The molecule has 0 fully saturated rings. The van der Waals surface area contributed by atoms with E-state index in [2.05, 4.69) is 20.4 Å². The van der Waals surface area contributed by atoms with Crippen molar-refractivity contribution in [3.63, 3.8) is 0 Å². The highest BCUT2D eigenvalue weighted by atomic mass is 35.5. The highest BCUT2D eigenvalue weighted by molar-refractivity contribution is 6.31. The third-order valence-electron chi connectivity index (χ3n) is 4.61. The van der Waals surface area contributed by atoms with Gasteiger partial charge in [0.2, 0.25) is 5.89 Å². The number of amides is 1. The largest absolute Gasteiger partial charge is 0.496 e. The fourth-order valence-electron chi connectivity index (χ4n) is 3.18. The number of aromatic nitrogens is 3. The molecule has 0 unspecified atom stereocenters. The number of rotatable bonds is 7. The van der Waals surface area contributed by atoms with Gasteiger partial charge in [0.1, 0.15) is 5.75 Å². The molecule has 29 heavy (non-hydrogen) atoms. The van der Waals surface area contributed by atoms with Gasteiger partial charge in [-0.3, -0.25) is 4.79 Å². The van der Waals surface area contributed by atoms with Gasteiger partial charge >= 0.3 is 0 Å². The molecule has 7 nitrogen and oxygen atoms in total. The Hall–Kier alpha value is -3.32. The maximum atomic E-state index is 12.3. The Kier molecular flexibility index (Phi) is 5.48. The monoisotopic (exact) mass is 410 g/mol. The lowest BCUT2D eigenvalue weighted by Crippen LogP contribution is -2.26. The summed E-state index contributed by atoms with van der Waals surface area (Å²) in [6.07, 6.45) is 2.96. The number of hydrogen-bond donors (Lipinski definition) is 2. The van der Waals surface area contributed by atoms with Crippen molar-refractivity contribution in [1.29, 1.82) is 0 Å². The van der Waals surface area contributed by atoms with E-state index in [0.29, 0.717) is 30.3 Å². The van der Waals surface area contributed by atoms with Crippen LogP contribution in [0.1, 0.15) is 27.6 Å². The van der Waals surface area contributed by atoms with Crippen molar-refractivity contribution in [3.8, 4) is 5.75 Å². The molecule has 8 heteroatoms. The van der Waals surface area contributed by atoms with Crippen molar-refractivity contribution in [1.82, 2.24) is 20.4 Å². The SMILES string of the molecule is COc1ccccc1Cc1nc(C(=O)NCCc2c[nH]c3ccc(Cl)cc23)no1. The minimum absolute atomic E-state index is 0.0110. The zero-order chi connectivity index (χ0) is 20.2. The summed E-state index contributed by atoms with van der Waals surface area (Å²) in [5, 5.41) is 8.33. The van der Waals surface area contributed by atoms with E-state index in [9.17, 15) is 4.79 Å². The second kappa shape index (κ2) is 8.36. The summed E-state index contributed by atoms with van der Waals surface area (Å²) in [4.78, 5) is 19.7. The molecule has 2 aromatic carbocycles. The molecule has 4 rings (SSSR count). The molecule has 0 spiro atoms. The third-order valence-corrected chi connectivity index (χ3v) is 4.85. The number of fused-ring (bicyclic) bond motifs is 1. The van der Waals surface area contributed by atoms with Gasteiger partial charge in [0.05, 0.1) is 13.5 Å². The lowest BCUT2D eigenvalue weighted by Gasteiger charge is -2.04. The summed E-state index contributed by atoms with van der Waals surface area (Å²) in [7, 11) is 1.60. The lowest BCUT2D eigenvalue weighted by molar-refractivity contribution is 0.0941. The van der Waals surface area contributed by atoms with E-state index in [0.717, 1.165) is 27.8 Å². The van der Waals surface area contributed by atoms with E-state index >= 15 is 0 Å². The number of ether oxygens (including phenoxy) is 1. The van der Waals surface area contributed by atoms with Crippen LogP contribution in [-0.2, 0) is 12.8 Å². The fraction of sp³-hybridized carbons (Fsp3) is 0.190. The van der Waals surface area contributed by atoms with Gasteiger partial charge in [0.25, 0.3) is 11.7 Å². The first-order valence-corrected chi connectivity index (χ1v) is 9.50. The maximum absolute atomic E-state index is 12.3. The predicted molar refractivity (Wildman–Crippen MR) is 109 cm³/mol.